The van der Waals surface area contributed by atoms with E-state index >= 15 is 0 Å². The molecular formula is C41H77NO17P-. The smallest absolute Gasteiger partial charge is 0.306 e. The molecule has 0 radical (unpaired) electrons. The number of aliphatic hydroxyl groups excluding tert-OH is 7. The summed E-state index contributed by atoms with van der Waals surface area (Å²) in [4.78, 5) is 38.7. The van der Waals surface area contributed by atoms with Crippen LogP contribution in [0.25, 0.3) is 0 Å². The molecule has 0 aromatic rings. The molecule has 0 aromatic heterocycles. The van der Waals surface area contributed by atoms with Gasteiger partial charge in [0.25, 0.3) is 7.82 Å². The van der Waals surface area contributed by atoms with E-state index in [0.717, 1.165) is 51.4 Å². The van der Waals surface area contributed by atoms with Gasteiger partial charge in [-0.05, 0) is 12.8 Å². The van der Waals surface area contributed by atoms with Crippen LogP contribution in [0.5, 0.6) is 0 Å². The molecule has 60 heavy (non-hydrogen) atoms. The second-order valence-electron chi connectivity index (χ2n) is 16.3. The van der Waals surface area contributed by atoms with Crippen molar-refractivity contribution in [3.05, 3.63) is 0 Å². The normalized spacial score (nSPS) is 29.8. The molecule has 2 fully saturated rings. The minimum atomic E-state index is -5.57. The van der Waals surface area contributed by atoms with Crippen molar-refractivity contribution in [2.45, 2.75) is 228 Å². The zero-order valence-corrected chi connectivity index (χ0v) is 36.7. The van der Waals surface area contributed by atoms with Gasteiger partial charge in [0.2, 0.25) is 0 Å². The van der Waals surface area contributed by atoms with Gasteiger partial charge in [0, 0.05) is 12.8 Å². The fourth-order valence-corrected chi connectivity index (χ4v) is 8.28. The van der Waals surface area contributed by atoms with Gasteiger partial charge in [0.1, 0.15) is 61.5 Å². The molecule has 1 heterocycles. The van der Waals surface area contributed by atoms with Gasteiger partial charge in [-0.2, -0.15) is 0 Å². The summed E-state index contributed by atoms with van der Waals surface area (Å²) in [6.07, 6.45) is 0.721. The van der Waals surface area contributed by atoms with Crippen LogP contribution in [0.3, 0.4) is 0 Å². The van der Waals surface area contributed by atoms with E-state index in [4.69, 9.17) is 33.7 Å². The first-order chi connectivity index (χ1) is 28.7. The minimum absolute atomic E-state index is 0.0325. The Morgan fingerprint density at radius 2 is 1.08 bits per heavy atom. The lowest BCUT2D eigenvalue weighted by atomic mass is 9.84. The van der Waals surface area contributed by atoms with Crippen molar-refractivity contribution in [3.8, 4) is 0 Å². The van der Waals surface area contributed by atoms with Crippen molar-refractivity contribution in [3.63, 3.8) is 0 Å². The third kappa shape index (κ3) is 20.4. The highest BCUT2D eigenvalue weighted by molar-refractivity contribution is 7.45. The number of carbonyl (C=O) groups excluding carboxylic acids is 2. The Morgan fingerprint density at radius 3 is 1.57 bits per heavy atom. The number of esters is 2. The van der Waals surface area contributed by atoms with Gasteiger partial charge < -0.3 is 74.4 Å². The van der Waals surface area contributed by atoms with Gasteiger partial charge in [-0.3, -0.25) is 14.2 Å². The monoisotopic (exact) mass is 886 g/mol. The van der Waals surface area contributed by atoms with E-state index in [9.17, 15) is 54.8 Å². The van der Waals surface area contributed by atoms with Gasteiger partial charge in [-0.25, -0.2) is 0 Å². The summed E-state index contributed by atoms with van der Waals surface area (Å²) in [5.74, 6) is -1.23. The Labute approximate surface area is 356 Å². The van der Waals surface area contributed by atoms with E-state index in [-0.39, 0.29) is 12.8 Å². The largest absolute Gasteiger partial charge is 0.756 e. The zero-order valence-electron chi connectivity index (χ0n) is 35.8. The Morgan fingerprint density at radius 1 is 0.633 bits per heavy atom. The van der Waals surface area contributed by atoms with Crippen molar-refractivity contribution in [1.29, 1.82) is 0 Å². The Hall–Kier alpha value is -1.35. The third-order valence-corrected chi connectivity index (χ3v) is 12.1. The number of hydrogen-bond acceptors (Lipinski definition) is 18. The highest BCUT2D eigenvalue weighted by atomic mass is 31.2. The molecule has 1 unspecified atom stereocenters. The van der Waals surface area contributed by atoms with Gasteiger partial charge in [-0.1, -0.05) is 129 Å². The van der Waals surface area contributed by atoms with Crippen molar-refractivity contribution < 1.29 is 82.8 Å². The van der Waals surface area contributed by atoms with Crippen LogP contribution in [0, 0.1) is 0 Å². The first kappa shape index (κ1) is 54.8. The topological polar surface area (TPSA) is 297 Å². The number of unbranched alkanes of at least 4 members (excludes halogenated alkanes) is 18. The van der Waals surface area contributed by atoms with Crippen LogP contribution in [0.15, 0.2) is 0 Å². The quantitative estimate of drug-likeness (QED) is 0.0267. The lowest BCUT2D eigenvalue weighted by Crippen LogP contribution is -2.68. The van der Waals surface area contributed by atoms with E-state index < -0.39 is 113 Å². The van der Waals surface area contributed by atoms with Gasteiger partial charge in [0.05, 0.1) is 19.3 Å². The van der Waals surface area contributed by atoms with Crippen molar-refractivity contribution >= 4 is 19.8 Å². The number of aliphatic hydroxyl groups is 7. The summed E-state index contributed by atoms with van der Waals surface area (Å²) in [6, 6.07) is -1.53. The number of hydrogen-bond donors (Lipinski definition) is 8. The Kier molecular flexibility index (Phi) is 28.0. The summed E-state index contributed by atoms with van der Waals surface area (Å²) in [5, 5.41) is 72.4. The summed E-state index contributed by atoms with van der Waals surface area (Å²) < 4.78 is 45.1. The molecule has 354 valence electrons. The van der Waals surface area contributed by atoms with Gasteiger partial charge in [-0.15, -0.1) is 0 Å². The van der Waals surface area contributed by atoms with Crippen molar-refractivity contribution in [2.75, 3.05) is 19.8 Å². The van der Waals surface area contributed by atoms with Crippen LogP contribution >= 0.6 is 7.82 Å². The average molecular weight is 887 g/mol. The second-order valence-corrected chi connectivity index (χ2v) is 17.7. The lowest BCUT2D eigenvalue weighted by molar-refractivity contribution is -0.321. The van der Waals surface area contributed by atoms with Crippen LogP contribution < -0.4 is 10.6 Å². The standard InChI is InChI=1S/C41H78NO17P/c1-3-5-7-9-11-13-15-17-19-21-23-30(44)54-26-28(56-31(45)24-22-20-18-16-14-12-10-8-6-4-2)27-55-60(52,53)59-40-38(51)36(49)35(48)37(50)39(40)58-41-32(42)34(47)33(46)29(25-43)57-41/h28-29,32-41,43,46-51H,3-27,42H2,1-2H3,(H,52,53)/p-1/t28-,29-,32-,33+,34-,35-,36+,37+,38-,39-,40-,41-/m1/s1. The summed E-state index contributed by atoms with van der Waals surface area (Å²) in [7, 11) is -5.57. The Bertz CT molecular complexity index is 1200. The molecule has 18 nitrogen and oxygen atoms in total. The van der Waals surface area contributed by atoms with Crippen LogP contribution in [-0.2, 0) is 42.1 Å². The summed E-state index contributed by atoms with van der Waals surface area (Å²) >= 11 is 0. The van der Waals surface area contributed by atoms with E-state index in [1.807, 2.05) is 0 Å². The molecular weight excluding hydrogens is 809 g/mol. The van der Waals surface area contributed by atoms with Crippen molar-refractivity contribution in [1.82, 2.24) is 0 Å². The molecule has 2 aliphatic rings. The predicted molar refractivity (Wildman–Crippen MR) is 217 cm³/mol. The number of nitrogens with two attached hydrogens (primary N) is 1. The molecule has 0 amide bonds. The molecule has 2 rings (SSSR count). The molecule has 1 saturated heterocycles. The third-order valence-electron chi connectivity index (χ3n) is 11.1. The maximum absolute atomic E-state index is 13.2. The van der Waals surface area contributed by atoms with Crippen LogP contribution in [0.4, 0.5) is 0 Å². The van der Waals surface area contributed by atoms with Crippen LogP contribution in [-0.4, -0.2) is 141 Å². The number of phosphoric acid groups is 1. The summed E-state index contributed by atoms with van der Waals surface area (Å²) in [5.41, 5.74) is 5.92. The van der Waals surface area contributed by atoms with Crippen molar-refractivity contribution in [2.24, 2.45) is 5.73 Å². The first-order valence-electron chi connectivity index (χ1n) is 22.4. The molecule has 13 atom stereocenters. The molecule has 9 N–H and O–H groups in total. The fourth-order valence-electron chi connectivity index (χ4n) is 7.33. The highest BCUT2D eigenvalue weighted by Crippen LogP contribution is 2.44. The maximum Gasteiger partial charge on any atom is 0.306 e. The molecule has 0 bridgehead atoms. The minimum Gasteiger partial charge on any atom is -0.756 e. The average Bonchev–Trinajstić information content (AvgIpc) is 3.22. The molecule has 19 heteroatoms. The number of ether oxygens (including phenoxy) is 4. The lowest BCUT2D eigenvalue weighted by Gasteiger charge is -2.48. The molecule has 0 spiro atoms. The van der Waals surface area contributed by atoms with E-state index in [1.165, 1.54) is 64.2 Å². The number of rotatable bonds is 33. The highest BCUT2D eigenvalue weighted by Gasteiger charge is 2.54. The van der Waals surface area contributed by atoms with E-state index in [0.29, 0.717) is 12.8 Å². The molecule has 1 saturated carbocycles. The van der Waals surface area contributed by atoms with Gasteiger partial charge in [0.15, 0.2) is 12.4 Å². The molecule has 1 aliphatic carbocycles. The van der Waals surface area contributed by atoms with Gasteiger partial charge >= 0.3 is 11.9 Å². The maximum atomic E-state index is 13.2. The first-order valence-corrected chi connectivity index (χ1v) is 23.9. The van der Waals surface area contributed by atoms with E-state index in [2.05, 4.69) is 13.8 Å². The Balaban J connectivity index is 2.02. The zero-order chi connectivity index (χ0) is 44.5. The van der Waals surface area contributed by atoms with Crippen LogP contribution in [0.1, 0.15) is 155 Å². The SMILES string of the molecule is CCCCCCCCCCCCC(=O)OC[C@H](COP(=O)([O-])O[C@@H]1[C@H](O)[C@@H](O)[C@@H](O)[C@H](O)[C@H]1O[C@H]1O[C@H](CO)[C@H](O)[C@H](O)[C@H]1N)OC(=O)CCCCCCCCCCCC. The second kappa shape index (κ2) is 30.7. The fraction of sp³-hybridized carbons (Fsp3) is 0.951. The molecule has 0 aromatic carbocycles. The van der Waals surface area contributed by atoms with E-state index in [1.54, 1.807) is 0 Å². The number of phosphoric ester groups is 1. The predicted octanol–water partition coefficient (Wildman–Crippen LogP) is 2.54. The summed E-state index contributed by atoms with van der Waals surface area (Å²) in [6.45, 7) is 2.15. The van der Waals surface area contributed by atoms with Crippen LogP contribution in [0.2, 0.25) is 0 Å². The molecule has 1 aliphatic heterocycles. The number of carbonyl (C=O) groups is 2.